The number of hydrogen-bond acceptors (Lipinski definition) is 4. The second-order valence-electron chi connectivity index (χ2n) is 8.39. The highest BCUT2D eigenvalue weighted by Gasteiger charge is 2.45. The lowest BCUT2D eigenvalue weighted by molar-refractivity contribution is -0.119. The van der Waals surface area contributed by atoms with Gasteiger partial charge in [0.05, 0.1) is 12.3 Å². The van der Waals surface area contributed by atoms with E-state index in [0.717, 1.165) is 5.57 Å². The quantitative estimate of drug-likeness (QED) is 0.275. The Morgan fingerprint density at radius 3 is 2.64 bits per heavy atom. The third-order valence-corrected chi connectivity index (χ3v) is 5.51. The number of nitrogens with zero attached hydrogens (tertiary/aromatic N) is 4. The molecule has 0 radical (unpaired) electrons. The van der Waals surface area contributed by atoms with Crippen molar-refractivity contribution >= 4 is 6.72 Å². The monoisotopic (exact) mass is 468 g/mol. The molecule has 2 aromatic rings. The van der Waals surface area contributed by atoms with Crippen molar-refractivity contribution in [1.29, 1.82) is 0 Å². The molecule has 0 N–H and O–H groups in total. The first-order valence-electron chi connectivity index (χ1n) is 10.7. The van der Waals surface area contributed by atoms with Crippen molar-refractivity contribution < 1.29 is 22.3 Å². The number of aromatic nitrogens is 2. The molecule has 180 valence electrons. The van der Waals surface area contributed by atoms with E-state index >= 15 is 0 Å². The van der Waals surface area contributed by atoms with Gasteiger partial charge in [-0.1, -0.05) is 0 Å². The number of benzene rings is 1. The third kappa shape index (κ3) is 5.85. The van der Waals surface area contributed by atoms with E-state index in [4.69, 9.17) is 4.74 Å². The van der Waals surface area contributed by atoms with Gasteiger partial charge in [-0.05, 0) is 38.5 Å². The second kappa shape index (κ2) is 9.84. The molecule has 1 aromatic carbocycles. The maximum Gasteiger partial charge on any atom is 0.333 e. The fourth-order valence-corrected chi connectivity index (χ4v) is 3.90. The maximum absolute atomic E-state index is 13.5. The summed E-state index contributed by atoms with van der Waals surface area (Å²) in [6.07, 6.45) is 0.0805. The zero-order chi connectivity index (χ0) is 24.3. The number of hydrogen-bond donors (Lipinski definition) is 0. The van der Waals surface area contributed by atoms with E-state index in [2.05, 4.69) is 11.8 Å². The highest BCUT2D eigenvalue weighted by Crippen LogP contribution is 2.42. The van der Waals surface area contributed by atoms with E-state index in [1.165, 1.54) is 27.3 Å². The van der Waals surface area contributed by atoms with Gasteiger partial charge in [-0.15, -0.1) is 0 Å². The number of hydrazone groups is 1. The molecule has 1 fully saturated rings. The van der Waals surface area contributed by atoms with Crippen LogP contribution >= 0.6 is 0 Å². The molecule has 1 aromatic heterocycles. The van der Waals surface area contributed by atoms with Crippen LogP contribution in [0.4, 0.5) is 17.6 Å². The Labute approximate surface area is 189 Å². The highest BCUT2D eigenvalue weighted by atomic mass is 19.3. The summed E-state index contributed by atoms with van der Waals surface area (Å²) in [6, 6.07) is 3.89. The van der Waals surface area contributed by atoms with E-state index in [1.54, 1.807) is 24.3 Å². The molecule has 1 saturated carbocycles. The predicted molar refractivity (Wildman–Crippen MR) is 119 cm³/mol. The Hall–Kier alpha value is -3.04. The van der Waals surface area contributed by atoms with Gasteiger partial charge in [0.25, 0.3) is 6.43 Å². The fraction of sp³-hybridized carbons (Fsp3) is 0.478. The van der Waals surface area contributed by atoms with Crippen LogP contribution in [0, 0.1) is 12.8 Å². The van der Waals surface area contributed by atoms with Gasteiger partial charge in [0, 0.05) is 68.3 Å². The van der Waals surface area contributed by atoms with Crippen molar-refractivity contribution in [3.8, 4) is 11.4 Å². The largest absolute Gasteiger partial charge is 0.493 e. The summed E-state index contributed by atoms with van der Waals surface area (Å²) in [6.45, 7) is 9.86. The molecule has 6 nitrogen and oxygen atoms in total. The third-order valence-electron chi connectivity index (χ3n) is 5.51. The van der Waals surface area contributed by atoms with Crippen LogP contribution in [0.2, 0.25) is 0 Å². The van der Waals surface area contributed by atoms with E-state index in [9.17, 15) is 22.4 Å². The minimum absolute atomic E-state index is 0.00582. The van der Waals surface area contributed by atoms with Crippen molar-refractivity contribution in [2.24, 2.45) is 11.0 Å². The Morgan fingerprint density at radius 1 is 1.36 bits per heavy atom. The van der Waals surface area contributed by atoms with Crippen molar-refractivity contribution in [3.63, 3.8) is 0 Å². The van der Waals surface area contributed by atoms with Gasteiger partial charge in [-0.25, -0.2) is 22.4 Å². The lowest BCUT2D eigenvalue weighted by Gasteiger charge is -2.34. The number of alkyl halides is 4. The molecule has 0 unspecified atom stereocenters. The van der Waals surface area contributed by atoms with Crippen LogP contribution in [-0.2, 0) is 6.54 Å². The molecular weight excluding hydrogens is 440 g/mol. The van der Waals surface area contributed by atoms with Gasteiger partial charge in [-0.3, -0.25) is 14.1 Å². The molecule has 1 aliphatic rings. The van der Waals surface area contributed by atoms with E-state index in [0.29, 0.717) is 12.2 Å². The maximum atomic E-state index is 13.5. The van der Waals surface area contributed by atoms with Crippen molar-refractivity contribution in [2.45, 2.75) is 52.5 Å². The van der Waals surface area contributed by atoms with Crippen LogP contribution in [0.15, 0.2) is 46.1 Å². The summed E-state index contributed by atoms with van der Waals surface area (Å²) in [7, 11) is 0. The lowest BCUT2D eigenvalue weighted by atomic mass is 9.82. The fourth-order valence-electron chi connectivity index (χ4n) is 3.90. The normalized spacial score (nSPS) is 16.1. The Morgan fingerprint density at radius 2 is 2.06 bits per heavy atom. The molecule has 0 spiro atoms. The summed E-state index contributed by atoms with van der Waals surface area (Å²) in [5.74, 6) is -2.89. The Bertz CT molecular complexity index is 1080. The van der Waals surface area contributed by atoms with Crippen LogP contribution < -0.4 is 10.4 Å². The minimum Gasteiger partial charge on any atom is -0.493 e. The van der Waals surface area contributed by atoms with Gasteiger partial charge in [0.15, 0.2) is 0 Å². The molecule has 0 bridgehead atoms. The molecule has 10 heteroatoms. The topological polar surface area (TPSA) is 51.8 Å². The first kappa shape index (κ1) is 24.6. The number of aryl methyl sites for hydroxylation is 1. The van der Waals surface area contributed by atoms with Crippen molar-refractivity contribution in [1.82, 2.24) is 14.1 Å². The summed E-state index contributed by atoms with van der Waals surface area (Å²) in [5.41, 5.74) is 0.926. The molecule has 0 atom stereocenters. The Balaban J connectivity index is 1.88. The average Bonchev–Trinajstić information content (AvgIpc) is 3.01. The highest BCUT2D eigenvalue weighted by molar-refractivity contribution is 5.45. The smallest absolute Gasteiger partial charge is 0.333 e. The number of halogens is 4. The van der Waals surface area contributed by atoms with E-state index < -0.39 is 18.0 Å². The number of imidazole rings is 1. The van der Waals surface area contributed by atoms with Crippen molar-refractivity contribution in [2.75, 3.05) is 13.2 Å². The van der Waals surface area contributed by atoms with Crippen LogP contribution in [-0.4, -0.2) is 39.9 Å². The summed E-state index contributed by atoms with van der Waals surface area (Å²) in [4.78, 5) is 13.1. The molecule has 33 heavy (non-hydrogen) atoms. The zero-order valence-electron chi connectivity index (χ0n) is 18.9. The summed E-state index contributed by atoms with van der Waals surface area (Å²) < 4.78 is 61.5. The molecule has 3 rings (SSSR count). The zero-order valence-corrected chi connectivity index (χ0v) is 18.9. The SMILES string of the molecule is C=NN(/C=C(\C)Cn1cc(C)n(-c2cc(OCC3CC(F)(F)C3)cc(C(F)F)c2)c1=O)CC. The Kier molecular flexibility index (Phi) is 7.34. The van der Waals surface area contributed by atoms with E-state index in [-0.39, 0.29) is 48.9 Å². The molecule has 0 aliphatic heterocycles. The lowest BCUT2D eigenvalue weighted by Crippen LogP contribution is -2.38. The van der Waals surface area contributed by atoms with Crippen LogP contribution in [0.1, 0.15) is 44.4 Å². The van der Waals surface area contributed by atoms with Crippen LogP contribution in [0.3, 0.4) is 0 Å². The average molecular weight is 468 g/mol. The first-order chi connectivity index (χ1) is 15.5. The van der Waals surface area contributed by atoms with Gasteiger partial charge in [0.2, 0.25) is 5.92 Å². The predicted octanol–water partition coefficient (Wildman–Crippen LogP) is 5.15. The van der Waals surface area contributed by atoms with Gasteiger partial charge in [0.1, 0.15) is 5.75 Å². The number of allylic oxidation sites excluding steroid dienone is 1. The summed E-state index contributed by atoms with van der Waals surface area (Å²) in [5, 5.41) is 5.49. The molecular formula is C23H28F4N4O2. The molecule has 0 saturated heterocycles. The minimum atomic E-state index is -2.78. The summed E-state index contributed by atoms with van der Waals surface area (Å²) >= 11 is 0. The van der Waals surface area contributed by atoms with Gasteiger partial charge >= 0.3 is 5.69 Å². The molecule has 0 amide bonds. The van der Waals surface area contributed by atoms with Gasteiger partial charge in [-0.2, -0.15) is 5.10 Å². The van der Waals surface area contributed by atoms with Crippen LogP contribution in [0.25, 0.3) is 5.69 Å². The number of rotatable bonds is 10. The number of ether oxygens (including phenoxy) is 1. The van der Waals surface area contributed by atoms with Crippen LogP contribution in [0.5, 0.6) is 5.75 Å². The molecule has 1 aliphatic carbocycles. The first-order valence-corrected chi connectivity index (χ1v) is 10.7. The molecule has 1 heterocycles. The van der Waals surface area contributed by atoms with Gasteiger partial charge < -0.3 is 4.74 Å². The standard InChI is InChI=1S/C23H28F4N4O2/c1-5-30(28-4)12-15(2)11-29-13-16(3)31(22(29)32)19-6-18(21(24)25)7-20(8-19)33-14-17-9-23(26,27)10-17/h6-8,12-13,17,21H,4-5,9-11,14H2,1-3H3/b15-12+. The van der Waals surface area contributed by atoms with Crippen molar-refractivity contribution in [3.05, 3.63) is 57.9 Å². The second-order valence-corrected chi connectivity index (χ2v) is 8.39. The van der Waals surface area contributed by atoms with E-state index in [1.807, 2.05) is 13.8 Å².